The van der Waals surface area contributed by atoms with Crippen molar-refractivity contribution in [3.63, 3.8) is 0 Å². The fourth-order valence-corrected chi connectivity index (χ4v) is 3.35. The average Bonchev–Trinajstić information content (AvgIpc) is 2.44. The summed E-state index contributed by atoms with van der Waals surface area (Å²) < 4.78 is 0. The Kier molecular flexibility index (Phi) is 2.54. The van der Waals surface area contributed by atoms with Gasteiger partial charge in [0, 0.05) is 5.41 Å². The fourth-order valence-electron chi connectivity index (χ4n) is 2.24. The van der Waals surface area contributed by atoms with Gasteiger partial charge in [-0.3, -0.25) is 0 Å². The molecule has 0 bridgehead atoms. The quantitative estimate of drug-likeness (QED) is 0.648. The van der Waals surface area contributed by atoms with Crippen LogP contribution in [0.5, 0.6) is 0 Å². The van der Waals surface area contributed by atoms with E-state index in [1.165, 1.54) is 21.2 Å². The second-order valence-electron chi connectivity index (χ2n) is 6.67. The second kappa shape index (κ2) is 3.43. The highest BCUT2D eigenvalue weighted by Crippen LogP contribution is 2.44. The minimum atomic E-state index is 0.159. The Morgan fingerprint density at radius 2 is 1.88 bits per heavy atom. The molecule has 0 aliphatic heterocycles. The Balaban J connectivity index is 2.46. The summed E-state index contributed by atoms with van der Waals surface area (Å²) in [6.07, 6.45) is 2.19. The molecule has 0 amide bonds. The standard InChI is InChI=1S/C14H21NS/c1-9-7-14(5,6)8-10-11(9)16-12(15-10)13(2,3)4/h1,7-8H2,2-6H3. The molecule has 0 aromatic carbocycles. The number of rotatable bonds is 0. The molecule has 0 spiro atoms. The SMILES string of the molecule is C=C1CC(C)(C)Cc2nc(C(C)(C)C)sc21. The van der Waals surface area contributed by atoms with E-state index in [2.05, 4.69) is 41.2 Å². The van der Waals surface area contributed by atoms with Gasteiger partial charge in [-0.1, -0.05) is 41.2 Å². The predicted octanol–water partition coefficient (Wildman–Crippen LogP) is 4.43. The van der Waals surface area contributed by atoms with Gasteiger partial charge in [0.15, 0.2) is 0 Å². The Morgan fingerprint density at radius 3 is 2.44 bits per heavy atom. The maximum absolute atomic E-state index is 4.83. The first kappa shape index (κ1) is 11.8. The minimum absolute atomic E-state index is 0.159. The van der Waals surface area contributed by atoms with Gasteiger partial charge in [-0.15, -0.1) is 11.3 Å². The van der Waals surface area contributed by atoms with Gasteiger partial charge in [0.05, 0.1) is 15.6 Å². The highest BCUT2D eigenvalue weighted by atomic mass is 32.1. The smallest absolute Gasteiger partial charge is 0.0988 e. The number of thiazole rings is 1. The number of aromatic nitrogens is 1. The third-order valence-electron chi connectivity index (χ3n) is 3.00. The molecule has 0 saturated heterocycles. The van der Waals surface area contributed by atoms with Gasteiger partial charge in [0.25, 0.3) is 0 Å². The van der Waals surface area contributed by atoms with Crippen molar-refractivity contribution in [2.45, 2.75) is 52.9 Å². The zero-order chi connectivity index (χ0) is 12.1. The predicted molar refractivity (Wildman–Crippen MR) is 72.0 cm³/mol. The normalized spacial score (nSPS) is 19.7. The maximum atomic E-state index is 4.83. The molecule has 1 aliphatic carbocycles. The molecule has 0 N–H and O–H groups in total. The molecule has 0 atom stereocenters. The van der Waals surface area contributed by atoms with E-state index in [1.54, 1.807) is 0 Å². The third kappa shape index (κ3) is 2.08. The molecule has 1 heterocycles. The van der Waals surface area contributed by atoms with Crippen LogP contribution in [0.2, 0.25) is 0 Å². The van der Waals surface area contributed by atoms with Gasteiger partial charge in [-0.25, -0.2) is 4.98 Å². The van der Waals surface area contributed by atoms with E-state index in [4.69, 9.17) is 4.98 Å². The van der Waals surface area contributed by atoms with E-state index in [0.717, 1.165) is 12.8 Å². The molecule has 0 radical (unpaired) electrons. The molecule has 2 heteroatoms. The molecule has 1 aliphatic rings. The van der Waals surface area contributed by atoms with Crippen molar-refractivity contribution in [2.75, 3.05) is 0 Å². The van der Waals surface area contributed by atoms with E-state index in [1.807, 2.05) is 11.3 Å². The van der Waals surface area contributed by atoms with Gasteiger partial charge in [0.2, 0.25) is 0 Å². The third-order valence-corrected chi connectivity index (χ3v) is 4.62. The van der Waals surface area contributed by atoms with Crippen molar-refractivity contribution >= 4 is 16.9 Å². The number of hydrogen-bond acceptors (Lipinski definition) is 2. The Bertz CT molecular complexity index is 432. The highest BCUT2D eigenvalue weighted by molar-refractivity contribution is 7.13. The van der Waals surface area contributed by atoms with E-state index in [0.29, 0.717) is 5.41 Å². The van der Waals surface area contributed by atoms with Crippen molar-refractivity contribution in [2.24, 2.45) is 5.41 Å². The molecular formula is C14H21NS. The molecule has 1 aromatic heterocycles. The summed E-state index contributed by atoms with van der Waals surface area (Å²) >= 11 is 1.84. The van der Waals surface area contributed by atoms with E-state index in [-0.39, 0.29) is 5.41 Å². The first-order chi connectivity index (χ1) is 7.19. The molecular weight excluding hydrogens is 214 g/mol. The van der Waals surface area contributed by atoms with E-state index in [9.17, 15) is 0 Å². The lowest BCUT2D eigenvalue weighted by Gasteiger charge is -2.29. The molecule has 1 nitrogen and oxygen atoms in total. The summed E-state index contributed by atoms with van der Waals surface area (Å²) in [4.78, 5) is 6.18. The number of hydrogen-bond donors (Lipinski definition) is 0. The number of nitrogens with zero attached hydrogens (tertiary/aromatic N) is 1. The second-order valence-corrected chi connectivity index (χ2v) is 7.67. The number of allylic oxidation sites excluding steroid dienone is 1. The lowest BCUT2D eigenvalue weighted by molar-refractivity contribution is 0.361. The fraction of sp³-hybridized carbons (Fsp3) is 0.643. The summed E-state index contributed by atoms with van der Waals surface area (Å²) in [5.41, 5.74) is 3.04. The van der Waals surface area contributed by atoms with Crippen molar-refractivity contribution in [1.82, 2.24) is 4.98 Å². The van der Waals surface area contributed by atoms with Crippen LogP contribution in [-0.2, 0) is 11.8 Å². The first-order valence-electron chi connectivity index (χ1n) is 5.87. The van der Waals surface area contributed by atoms with Gasteiger partial charge in [0.1, 0.15) is 0 Å². The summed E-state index contributed by atoms with van der Waals surface area (Å²) in [5, 5.41) is 1.25. The first-order valence-corrected chi connectivity index (χ1v) is 6.69. The van der Waals surface area contributed by atoms with Gasteiger partial charge in [-0.05, 0) is 23.8 Å². The highest BCUT2D eigenvalue weighted by Gasteiger charge is 2.32. The van der Waals surface area contributed by atoms with Crippen LogP contribution in [0.15, 0.2) is 6.58 Å². The van der Waals surface area contributed by atoms with Crippen molar-refractivity contribution < 1.29 is 0 Å². The van der Waals surface area contributed by atoms with Crippen molar-refractivity contribution in [3.8, 4) is 0 Å². The summed E-state index contributed by atoms with van der Waals surface area (Å²) in [6, 6.07) is 0. The zero-order valence-electron chi connectivity index (χ0n) is 11.0. The van der Waals surface area contributed by atoms with Crippen LogP contribution in [0.4, 0.5) is 0 Å². The Labute approximate surface area is 103 Å². The van der Waals surface area contributed by atoms with E-state index >= 15 is 0 Å². The van der Waals surface area contributed by atoms with Gasteiger partial charge in [-0.2, -0.15) is 0 Å². The summed E-state index contributed by atoms with van der Waals surface area (Å²) in [6.45, 7) is 15.5. The van der Waals surface area contributed by atoms with Crippen LogP contribution in [0.25, 0.3) is 5.57 Å². The Morgan fingerprint density at radius 1 is 1.25 bits per heavy atom. The topological polar surface area (TPSA) is 12.9 Å². The Hall–Kier alpha value is -0.630. The minimum Gasteiger partial charge on any atom is -0.245 e. The van der Waals surface area contributed by atoms with E-state index < -0.39 is 0 Å². The van der Waals surface area contributed by atoms with Crippen molar-refractivity contribution in [1.29, 1.82) is 0 Å². The molecule has 2 rings (SSSR count). The van der Waals surface area contributed by atoms with Crippen LogP contribution < -0.4 is 0 Å². The average molecular weight is 235 g/mol. The molecule has 0 fully saturated rings. The lowest BCUT2D eigenvalue weighted by atomic mass is 9.77. The van der Waals surface area contributed by atoms with Gasteiger partial charge >= 0.3 is 0 Å². The molecule has 0 saturated carbocycles. The monoisotopic (exact) mass is 235 g/mol. The molecule has 88 valence electrons. The van der Waals surface area contributed by atoms with Crippen LogP contribution in [-0.4, -0.2) is 4.98 Å². The number of fused-ring (bicyclic) bond motifs is 1. The molecule has 0 unspecified atom stereocenters. The zero-order valence-corrected chi connectivity index (χ0v) is 11.8. The van der Waals surface area contributed by atoms with Crippen LogP contribution in [0.3, 0.4) is 0 Å². The molecule has 1 aromatic rings. The summed E-state index contributed by atoms with van der Waals surface area (Å²) in [5.74, 6) is 0. The maximum Gasteiger partial charge on any atom is 0.0988 e. The van der Waals surface area contributed by atoms with Crippen LogP contribution >= 0.6 is 11.3 Å². The van der Waals surface area contributed by atoms with Crippen molar-refractivity contribution in [3.05, 3.63) is 22.2 Å². The van der Waals surface area contributed by atoms with Gasteiger partial charge < -0.3 is 0 Å². The van der Waals surface area contributed by atoms with Crippen LogP contribution in [0.1, 0.15) is 56.6 Å². The summed E-state index contributed by atoms with van der Waals surface area (Å²) in [7, 11) is 0. The largest absolute Gasteiger partial charge is 0.245 e. The molecule has 16 heavy (non-hydrogen) atoms. The lowest BCUT2D eigenvalue weighted by Crippen LogP contribution is -2.20. The van der Waals surface area contributed by atoms with Crippen LogP contribution in [0, 0.1) is 5.41 Å².